The molecule has 0 spiro atoms. The Morgan fingerprint density at radius 3 is 2.72 bits per heavy atom. The van der Waals surface area contributed by atoms with Crippen molar-refractivity contribution in [2.45, 2.75) is 25.7 Å². The number of ether oxygens (including phenoxy) is 1. The van der Waals surface area contributed by atoms with Crippen LogP contribution in [0.25, 0.3) is 0 Å². The Morgan fingerprint density at radius 2 is 2.22 bits per heavy atom. The van der Waals surface area contributed by atoms with E-state index in [1.807, 2.05) is 0 Å². The van der Waals surface area contributed by atoms with Crippen molar-refractivity contribution >= 4 is 17.6 Å². The van der Waals surface area contributed by atoms with E-state index in [1.165, 1.54) is 6.07 Å². The van der Waals surface area contributed by atoms with Crippen molar-refractivity contribution in [3.05, 3.63) is 28.8 Å². The lowest BCUT2D eigenvalue weighted by atomic mass is 10.1. The van der Waals surface area contributed by atoms with Crippen LogP contribution < -0.4 is 0 Å². The fourth-order valence-corrected chi connectivity index (χ4v) is 1.58. The van der Waals surface area contributed by atoms with Crippen molar-refractivity contribution in [3.63, 3.8) is 0 Å². The lowest BCUT2D eigenvalue weighted by molar-refractivity contribution is -0.142. The molecule has 0 unspecified atom stereocenters. The standard InChI is InChI=1S/C11H11ClF3NO2/c1-2-18-8(17)4-6-3-7(5-12)16-11(15)9(6)10(13)14/h3,10H,2,4-5H2,1H3. The lowest BCUT2D eigenvalue weighted by Gasteiger charge is -2.10. The molecule has 1 heterocycles. The first-order valence-corrected chi connectivity index (χ1v) is 5.71. The molecule has 0 aromatic carbocycles. The molecular weight excluding hydrogens is 271 g/mol. The van der Waals surface area contributed by atoms with Crippen molar-refractivity contribution < 1.29 is 22.7 Å². The lowest BCUT2D eigenvalue weighted by Crippen LogP contribution is -2.12. The molecule has 1 aromatic rings. The van der Waals surface area contributed by atoms with Gasteiger partial charge in [-0.05, 0) is 18.6 Å². The van der Waals surface area contributed by atoms with Gasteiger partial charge in [0.05, 0.1) is 30.2 Å². The van der Waals surface area contributed by atoms with Crippen LogP contribution in [0.2, 0.25) is 0 Å². The zero-order valence-corrected chi connectivity index (χ0v) is 10.3. The van der Waals surface area contributed by atoms with Crippen LogP contribution in [-0.2, 0) is 21.8 Å². The summed E-state index contributed by atoms with van der Waals surface area (Å²) in [4.78, 5) is 14.6. The number of pyridine rings is 1. The predicted molar refractivity (Wildman–Crippen MR) is 59.0 cm³/mol. The molecule has 1 aromatic heterocycles. The normalized spacial score (nSPS) is 10.8. The van der Waals surface area contributed by atoms with Crippen molar-refractivity contribution in [2.75, 3.05) is 6.61 Å². The van der Waals surface area contributed by atoms with Crippen molar-refractivity contribution in [1.82, 2.24) is 4.98 Å². The van der Waals surface area contributed by atoms with Gasteiger partial charge in [0.2, 0.25) is 5.95 Å². The minimum Gasteiger partial charge on any atom is -0.466 e. The van der Waals surface area contributed by atoms with Gasteiger partial charge in [-0.3, -0.25) is 4.79 Å². The van der Waals surface area contributed by atoms with Crippen LogP contribution >= 0.6 is 11.6 Å². The minimum atomic E-state index is -3.05. The minimum absolute atomic E-state index is 0.0952. The van der Waals surface area contributed by atoms with E-state index in [0.717, 1.165) is 0 Å². The third kappa shape index (κ3) is 3.60. The maximum absolute atomic E-state index is 13.4. The number of nitrogens with zero attached hydrogens (tertiary/aromatic N) is 1. The molecule has 0 aliphatic rings. The third-order valence-corrected chi connectivity index (χ3v) is 2.42. The maximum atomic E-state index is 13.4. The van der Waals surface area contributed by atoms with Crippen LogP contribution in [0.1, 0.15) is 30.2 Å². The summed E-state index contributed by atoms with van der Waals surface area (Å²) in [7, 11) is 0. The zero-order valence-electron chi connectivity index (χ0n) is 9.55. The first kappa shape index (κ1) is 14.8. The van der Waals surface area contributed by atoms with Gasteiger partial charge in [-0.25, -0.2) is 13.8 Å². The Labute approximate surface area is 107 Å². The van der Waals surface area contributed by atoms with Gasteiger partial charge in [-0.2, -0.15) is 4.39 Å². The number of carbonyl (C=O) groups excluding carboxylic acids is 1. The second kappa shape index (κ2) is 6.58. The van der Waals surface area contributed by atoms with E-state index < -0.39 is 30.3 Å². The molecule has 1 rings (SSSR count). The van der Waals surface area contributed by atoms with Gasteiger partial charge in [0, 0.05) is 0 Å². The molecule has 0 aliphatic heterocycles. The fourth-order valence-electron chi connectivity index (χ4n) is 1.44. The van der Waals surface area contributed by atoms with E-state index >= 15 is 0 Å². The molecule has 0 bridgehead atoms. The third-order valence-electron chi connectivity index (χ3n) is 2.15. The monoisotopic (exact) mass is 281 g/mol. The van der Waals surface area contributed by atoms with E-state index in [1.54, 1.807) is 6.92 Å². The molecule has 100 valence electrons. The van der Waals surface area contributed by atoms with E-state index in [0.29, 0.717) is 0 Å². The van der Waals surface area contributed by atoms with Gasteiger partial charge in [-0.15, -0.1) is 11.6 Å². The van der Waals surface area contributed by atoms with Crippen molar-refractivity contribution in [3.8, 4) is 0 Å². The van der Waals surface area contributed by atoms with Crippen LogP contribution in [0.4, 0.5) is 13.2 Å². The van der Waals surface area contributed by atoms with Crippen LogP contribution in [0.15, 0.2) is 6.07 Å². The predicted octanol–water partition coefficient (Wildman–Crippen LogP) is 3.00. The summed E-state index contributed by atoms with van der Waals surface area (Å²) in [5, 5.41) is 0. The highest BCUT2D eigenvalue weighted by Gasteiger charge is 2.22. The molecule has 0 amide bonds. The van der Waals surface area contributed by atoms with Crippen LogP contribution in [0.5, 0.6) is 0 Å². The van der Waals surface area contributed by atoms with Crippen molar-refractivity contribution in [2.24, 2.45) is 0 Å². The van der Waals surface area contributed by atoms with Crippen LogP contribution in [0, 0.1) is 5.95 Å². The first-order chi connectivity index (χ1) is 8.49. The van der Waals surface area contributed by atoms with E-state index in [9.17, 15) is 18.0 Å². The van der Waals surface area contributed by atoms with Crippen LogP contribution in [0.3, 0.4) is 0 Å². The summed E-state index contributed by atoms with van der Waals surface area (Å²) in [5.74, 6) is -2.14. The highest BCUT2D eigenvalue weighted by Crippen LogP contribution is 2.26. The number of aromatic nitrogens is 1. The van der Waals surface area contributed by atoms with E-state index in [4.69, 9.17) is 11.6 Å². The number of carbonyl (C=O) groups is 1. The smallest absolute Gasteiger partial charge is 0.310 e. The SMILES string of the molecule is CCOC(=O)Cc1cc(CCl)nc(F)c1C(F)F. The molecule has 18 heavy (non-hydrogen) atoms. The van der Waals surface area contributed by atoms with Crippen molar-refractivity contribution in [1.29, 1.82) is 0 Å². The molecule has 0 aliphatic carbocycles. The Kier molecular flexibility index (Phi) is 5.40. The van der Waals surface area contributed by atoms with Crippen LogP contribution in [-0.4, -0.2) is 17.6 Å². The number of hydrogen-bond acceptors (Lipinski definition) is 3. The Morgan fingerprint density at radius 1 is 1.56 bits per heavy atom. The quantitative estimate of drug-likeness (QED) is 0.473. The zero-order chi connectivity index (χ0) is 13.7. The summed E-state index contributed by atoms with van der Waals surface area (Å²) in [5.41, 5.74) is -0.929. The molecule has 0 fully saturated rings. The summed E-state index contributed by atoms with van der Waals surface area (Å²) in [6, 6.07) is 1.19. The van der Waals surface area contributed by atoms with Gasteiger partial charge >= 0.3 is 5.97 Å². The highest BCUT2D eigenvalue weighted by molar-refractivity contribution is 6.16. The van der Waals surface area contributed by atoms with Gasteiger partial charge in [0.15, 0.2) is 0 Å². The summed E-state index contributed by atoms with van der Waals surface area (Å²) in [6.07, 6.45) is -3.48. The maximum Gasteiger partial charge on any atom is 0.310 e. The Hall–Kier alpha value is -1.30. The van der Waals surface area contributed by atoms with Gasteiger partial charge in [0.25, 0.3) is 6.43 Å². The van der Waals surface area contributed by atoms with Gasteiger partial charge < -0.3 is 4.74 Å². The summed E-state index contributed by atoms with van der Waals surface area (Å²) in [6.45, 7) is 1.71. The summed E-state index contributed by atoms with van der Waals surface area (Å²) >= 11 is 5.47. The average molecular weight is 282 g/mol. The van der Waals surface area contributed by atoms with Gasteiger partial charge in [-0.1, -0.05) is 0 Å². The number of hydrogen-bond donors (Lipinski definition) is 0. The van der Waals surface area contributed by atoms with E-state index in [2.05, 4.69) is 9.72 Å². The Bertz CT molecular complexity index is 441. The Balaban J connectivity index is 3.13. The number of halogens is 4. The fraction of sp³-hybridized carbons (Fsp3) is 0.455. The number of rotatable bonds is 5. The molecule has 7 heteroatoms. The largest absolute Gasteiger partial charge is 0.466 e. The molecule has 0 saturated heterocycles. The highest BCUT2D eigenvalue weighted by atomic mass is 35.5. The molecule has 3 nitrogen and oxygen atoms in total. The van der Waals surface area contributed by atoms with Gasteiger partial charge in [0.1, 0.15) is 0 Å². The second-order valence-corrected chi connectivity index (χ2v) is 3.66. The van der Waals surface area contributed by atoms with E-state index in [-0.39, 0.29) is 23.7 Å². The topological polar surface area (TPSA) is 39.2 Å². The number of alkyl halides is 3. The second-order valence-electron chi connectivity index (χ2n) is 3.39. The summed E-state index contributed by atoms with van der Waals surface area (Å²) < 4.78 is 43.4. The molecule has 0 N–H and O–H groups in total. The first-order valence-electron chi connectivity index (χ1n) is 5.17. The molecule has 0 radical (unpaired) electrons. The average Bonchev–Trinajstić information content (AvgIpc) is 2.27. The molecule has 0 saturated carbocycles. The molecule has 0 atom stereocenters. The number of esters is 1. The molecular formula is C11H11ClF3NO2.